The maximum atomic E-state index is 9.92. The average molecular weight is 139 g/mol. The Bertz CT molecular complexity index is 58.0. The number of hydrogen-bond donors (Lipinski definition) is 0. The van der Waals surface area contributed by atoms with E-state index in [0.29, 0.717) is 0 Å². The van der Waals surface area contributed by atoms with Crippen LogP contribution in [0.4, 0.5) is 3.89 Å². The molecular weight excluding hydrogens is 139 g/mol. The summed E-state index contributed by atoms with van der Waals surface area (Å²) in [4.78, 5) is 0. The molecule has 0 spiro atoms. The van der Waals surface area contributed by atoms with E-state index in [-0.39, 0.29) is 17.1 Å². The molecule has 2 nitrogen and oxygen atoms in total. The first kappa shape index (κ1) is 9.04. The van der Waals surface area contributed by atoms with E-state index in [1.807, 2.05) is 0 Å². The zero-order valence-electron chi connectivity index (χ0n) is 1.96. The van der Waals surface area contributed by atoms with Gasteiger partial charge in [-0.1, -0.05) is 0 Å². The van der Waals surface area contributed by atoms with Gasteiger partial charge in [-0.05, 0) is 0 Å². The van der Waals surface area contributed by atoms with Crippen molar-refractivity contribution >= 4 is 11.1 Å². The number of halogens is 1. The van der Waals surface area contributed by atoms with Crippen LogP contribution in [0.5, 0.6) is 0 Å². The number of hydrogen-bond acceptors (Lipinski definition) is 3. The minimum absolute atomic E-state index is 0. The van der Waals surface area contributed by atoms with Gasteiger partial charge in [-0.2, -0.15) is 0 Å². The van der Waals surface area contributed by atoms with Crippen molar-refractivity contribution in [3.63, 3.8) is 0 Å². The van der Waals surface area contributed by atoms with Gasteiger partial charge in [0.25, 0.3) is 0 Å². The fraction of sp³-hybridized carbons (Fsp3) is 0. The van der Waals surface area contributed by atoms with Gasteiger partial charge < -0.3 is 12.3 Å². The van der Waals surface area contributed by atoms with E-state index >= 15 is 0 Å². The summed E-state index contributed by atoms with van der Waals surface area (Å²) in [5, 5.41) is 0. The molecule has 0 aliphatic rings. The molecule has 0 rings (SSSR count). The Balaban J connectivity index is 0. The van der Waals surface area contributed by atoms with Crippen LogP contribution in [0.15, 0.2) is 0 Å². The van der Waals surface area contributed by atoms with Crippen LogP contribution in [0.2, 0.25) is 0 Å². The standard InChI is InChI=1S/FO2S.Fe/c1-4(2)3;/q-1;. The Hall–Kier alpha value is 0.399. The predicted molar refractivity (Wildman–Crippen MR) is 9.85 cm³/mol. The Morgan fingerprint density at radius 2 is 1.40 bits per heavy atom. The maximum absolute atomic E-state index is 9.92. The van der Waals surface area contributed by atoms with Crippen LogP contribution < -0.4 is 0 Å². The van der Waals surface area contributed by atoms with Gasteiger partial charge in [-0.25, -0.2) is 0 Å². The second kappa shape index (κ2) is 4.40. The fourth-order valence-electron chi connectivity index (χ4n) is 0. The van der Waals surface area contributed by atoms with Crippen molar-refractivity contribution in [2.45, 2.75) is 0 Å². The first-order valence-electron chi connectivity index (χ1n) is 0.488. The average Bonchev–Trinajstić information content (AvgIpc) is 0.811. The second-order valence-electron chi connectivity index (χ2n) is 0.194. The molecule has 34 valence electrons. The summed E-state index contributed by atoms with van der Waals surface area (Å²) in [7, 11) is 0. The molecular formula is FFeO2S-. The zero-order valence-corrected chi connectivity index (χ0v) is 3.88. The molecule has 0 aromatic carbocycles. The van der Waals surface area contributed by atoms with E-state index in [4.69, 9.17) is 8.42 Å². The van der Waals surface area contributed by atoms with Gasteiger partial charge in [0.2, 0.25) is 0 Å². The van der Waals surface area contributed by atoms with Crippen LogP contribution in [0.1, 0.15) is 0 Å². The minimum Gasteiger partial charge on any atom is -0.392 e. The van der Waals surface area contributed by atoms with Crippen LogP contribution in [0, 0.1) is 0 Å². The first-order chi connectivity index (χ1) is 1.73. The number of rotatable bonds is 0. The fourth-order valence-corrected chi connectivity index (χ4v) is 0. The van der Waals surface area contributed by atoms with E-state index < -0.39 is 11.1 Å². The van der Waals surface area contributed by atoms with Gasteiger partial charge >= 0.3 is 0 Å². The van der Waals surface area contributed by atoms with Crippen LogP contribution >= 0.6 is 0 Å². The summed E-state index contributed by atoms with van der Waals surface area (Å²) in [6.45, 7) is 0. The zero-order chi connectivity index (χ0) is 3.58. The van der Waals surface area contributed by atoms with E-state index in [2.05, 4.69) is 0 Å². The molecule has 0 amide bonds. The normalized spacial score (nSPS) is 6.80. The summed E-state index contributed by atoms with van der Waals surface area (Å²) in [6.07, 6.45) is 0. The summed E-state index contributed by atoms with van der Waals surface area (Å²) in [6, 6.07) is 0. The van der Waals surface area contributed by atoms with E-state index in [0.717, 1.165) is 0 Å². The SMILES string of the molecule is O=[S-](=O)F.[Fe]. The predicted octanol–water partition coefficient (Wildman–Crippen LogP) is 0.178. The smallest absolute Gasteiger partial charge is 0.0872 e. The van der Waals surface area contributed by atoms with Gasteiger partial charge in [-0.15, -0.1) is 0 Å². The van der Waals surface area contributed by atoms with Crippen molar-refractivity contribution in [3.05, 3.63) is 0 Å². The molecule has 0 bridgehead atoms. The third-order valence-electron chi connectivity index (χ3n) is 0. The molecule has 0 fully saturated rings. The second-order valence-corrected chi connectivity index (χ2v) is 0.582. The molecule has 5 heteroatoms. The molecule has 0 aliphatic carbocycles. The van der Waals surface area contributed by atoms with Crippen molar-refractivity contribution in [3.8, 4) is 0 Å². The van der Waals surface area contributed by atoms with Crippen LogP contribution in [0.3, 0.4) is 0 Å². The Morgan fingerprint density at radius 1 is 1.40 bits per heavy atom. The minimum atomic E-state index is -3.36. The van der Waals surface area contributed by atoms with Crippen molar-refractivity contribution in [1.29, 1.82) is 0 Å². The Kier molecular flexibility index (Phi) is 7.96. The Labute approximate surface area is 41.1 Å². The quantitative estimate of drug-likeness (QED) is 0.272. The third kappa shape index (κ3) is 159. The Morgan fingerprint density at radius 3 is 1.40 bits per heavy atom. The molecule has 0 heterocycles. The molecule has 0 aliphatic heterocycles. The molecule has 5 heavy (non-hydrogen) atoms. The van der Waals surface area contributed by atoms with E-state index in [1.54, 1.807) is 0 Å². The molecule has 0 unspecified atom stereocenters. The molecule has 0 atom stereocenters. The molecule has 0 radical (unpaired) electrons. The summed E-state index contributed by atoms with van der Waals surface area (Å²) < 4.78 is 26.6. The maximum Gasteiger partial charge on any atom is 0.0872 e. The third-order valence-corrected chi connectivity index (χ3v) is 0. The molecule has 0 aromatic rings. The monoisotopic (exact) mass is 139 g/mol. The largest absolute Gasteiger partial charge is 0.392 e. The van der Waals surface area contributed by atoms with Gasteiger partial charge in [0, 0.05) is 17.1 Å². The van der Waals surface area contributed by atoms with Crippen molar-refractivity contribution in [1.82, 2.24) is 0 Å². The summed E-state index contributed by atoms with van der Waals surface area (Å²) in [5.74, 6) is 0. The van der Waals surface area contributed by atoms with Gasteiger partial charge in [0.15, 0.2) is 0 Å². The van der Waals surface area contributed by atoms with Crippen molar-refractivity contribution < 1.29 is 29.4 Å². The molecule has 0 aromatic heterocycles. The summed E-state index contributed by atoms with van der Waals surface area (Å²) >= 11 is -3.36. The molecule has 0 N–H and O–H groups in total. The van der Waals surface area contributed by atoms with Crippen molar-refractivity contribution in [2.24, 2.45) is 0 Å². The van der Waals surface area contributed by atoms with Crippen LogP contribution in [-0.4, -0.2) is 0 Å². The summed E-state index contributed by atoms with van der Waals surface area (Å²) in [5.41, 5.74) is 0. The van der Waals surface area contributed by atoms with E-state index in [1.165, 1.54) is 0 Å². The van der Waals surface area contributed by atoms with Crippen LogP contribution in [-0.2, 0) is 36.6 Å². The first-order valence-corrected chi connectivity index (χ1v) is 1.46. The van der Waals surface area contributed by atoms with Crippen molar-refractivity contribution in [2.75, 3.05) is 0 Å². The van der Waals surface area contributed by atoms with E-state index in [9.17, 15) is 3.89 Å². The topological polar surface area (TPSA) is 34.1 Å². The van der Waals surface area contributed by atoms with Crippen LogP contribution in [0.25, 0.3) is 0 Å². The molecule has 0 saturated heterocycles. The van der Waals surface area contributed by atoms with Gasteiger partial charge in [-0.3, -0.25) is 0 Å². The van der Waals surface area contributed by atoms with Gasteiger partial charge in [0.1, 0.15) is 0 Å². The van der Waals surface area contributed by atoms with Gasteiger partial charge in [0.05, 0.1) is 11.1 Å². The molecule has 0 saturated carbocycles.